The molecule has 0 radical (unpaired) electrons. The molecule has 0 N–H and O–H groups in total. The number of aromatic nitrogens is 9. The van der Waals surface area contributed by atoms with Gasteiger partial charge in [0, 0.05) is 154 Å². The third kappa shape index (κ3) is 13.7. The lowest BCUT2D eigenvalue weighted by Crippen LogP contribution is -2.15. The number of thiophene rings is 3. The number of para-hydroxylation sites is 5. The number of pyridine rings is 3. The van der Waals surface area contributed by atoms with E-state index in [9.17, 15) is 0 Å². The Bertz CT molecular complexity index is 10600. The minimum absolute atomic E-state index is 0.706. The number of fused-ring (bicyclic) bond motifs is 19. The van der Waals surface area contributed by atoms with Crippen LogP contribution in [0.2, 0.25) is 0 Å². The first kappa shape index (κ1) is 84.6. The first-order valence-electron chi connectivity index (χ1n) is 49.6. The summed E-state index contributed by atoms with van der Waals surface area (Å²) in [6, 6.07) is 160. The number of hydrogen-bond acceptors (Lipinski definition) is 15. The summed E-state index contributed by atoms with van der Waals surface area (Å²) in [5.74, 6) is 2.14. The highest BCUT2D eigenvalue weighted by Gasteiger charge is 2.33. The van der Waals surface area contributed by atoms with Crippen LogP contribution >= 0.6 is 34.0 Å². The molecule has 0 aliphatic carbocycles. The summed E-state index contributed by atoms with van der Waals surface area (Å²) in [6.45, 7) is 0. The molecule has 0 amide bonds. The van der Waals surface area contributed by atoms with Crippen molar-refractivity contribution in [2.75, 3.05) is 14.7 Å². The highest BCUT2D eigenvalue weighted by Crippen LogP contribution is 2.57. The van der Waals surface area contributed by atoms with Crippen LogP contribution in [0.3, 0.4) is 0 Å². The van der Waals surface area contributed by atoms with Crippen molar-refractivity contribution in [2.24, 2.45) is 0 Å². The molecule has 688 valence electrons. The highest BCUT2D eigenvalue weighted by molar-refractivity contribution is 7.27. The summed E-state index contributed by atoms with van der Waals surface area (Å²) < 4.78 is 6.88. The van der Waals surface area contributed by atoms with Gasteiger partial charge in [0.2, 0.25) is 0 Å². The van der Waals surface area contributed by atoms with Crippen molar-refractivity contribution >= 4 is 222 Å². The van der Waals surface area contributed by atoms with Crippen LogP contribution in [0.15, 0.2) is 474 Å². The molecule has 148 heavy (non-hydrogen) atoms. The Morgan fingerprint density at radius 2 is 0.541 bits per heavy atom. The number of benzene rings is 20. The molecule has 0 saturated carbocycles. The Morgan fingerprint density at radius 3 is 1.09 bits per heavy atom. The van der Waals surface area contributed by atoms with Gasteiger partial charge in [0.25, 0.3) is 0 Å². The van der Waals surface area contributed by atoms with Crippen LogP contribution in [0.5, 0.6) is 0 Å². The van der Waals surface area contributed by atoms with E-state index in [1.807, 2.05) is 49.1 Å². The highest BCUT2D eigenvalue weighted by atomic mass is 32.1. The van der Waals surface area contributed by atoms with Crippen molar-refractivity contribution in [1.82, 2.24) is 44.9 Å². The smallest absolute Gasteiger partial charge is 0.161 e. The van der Waals surface area contributed by atoms with Gasteiger partial charge in [-0.05, 0) is 182 Å². The topological polar surface area (TPSA) is 126 Å². The fraction of sp³-hybridized carbons (Fsp3) is 0. The molecular formula is C133H78N12S3. The predicted octanol–water partition coefficient (Wildman–Crippen LogP) is 36.8. The lowest BCUT2D eigenvalue weighted by molar-refractivity contribution is 1.23. The summed E-state index contributed by atoms with van der Waals surface area (Å²) >= 11 is 5.25. The zero-order chi connectivity index (χ0) is 97.1. The van der Waals surface area contributed by atoms with E-state index in [1.54, 1.807) is 34.0 Å². The zero-order valence-electron chi connectivity index (χ0n) is 79.1. The van der Waals surface area contributed by atoms with Crippen LogP contribution in [-0.4, -0.2) is 44.9 Å². The Balaban J connectivity index is 0.000000103. The van der Waals surface area contributed by atoms with Crippen LogP contribution < -0.4 is 14.7 Å². The Morgan fingerprint density at radius 1 is 0.176 bits per heavy atom. The molecule has 3 aliphatic heterocycles. The predicted molar refractivity (Wildman–Crippen MR) is 620 cm³/mol. The lowest BCUT2D eigenvalue weighted by Gasteiger charge is -2.34. The van der Waals surface area contributed by atoms with E-state index in [2.05, 4.69) is 444 Å². The quantitative estimate of drug-likeness (QED) is 0.129. The number of anilines is 9. The Labute approximate surface area is 860 Å². The van der Waals surface area contributed by atoms with Gasteiger partial charge < -0.3 is 14.7 Å². The molecule has 29 aromatic rings. The second-order valence-electron chi connectivity index (χ2n) is 37.7. The second-order valence-corrected chi connectivity index (χ2v) is 40.8. The number of rotatable bonds is 10. The average molecular weight is 1940 g/mol. The Kier molecular flexibility index (Phi) is 19.7. The molecule has 3 aliphatic rings. The van der Waals surface area contributed by atoms with E-state index in [4.69, 9.17) is 39.9 Å². The van der Waals surface area contributed by atoms with E-state index in [0.29, 0.717) is 11.6 Å². The van der Waals surface area contributed by atoms with E-state index in [0.717, 1.165) is 169 Å². The normalized spacial score (nSPS) is 12.3. The molecule has 0 bridgehead atoms. The van der Waals surface area contributed by atoms with Gasteiger partial charge in [-0.2, -0.15) is 0 Å². The molecule has 12 heterocycles. The molecule has 0 saturated heterocycles. The van der Waals surface area contributed by atoms with Gasteiger partial charge in [0.1, 0.15) is 0 Å². The summed E-state index contributed by atoms with van der Waals surface area (Å²) in [5, 5.41) is 17.8. The van der Waals surface area contributed by atoms with Crippen molar-refractivity contribution in [3.8, 4) is 112 Å². The van der Waals surface area contributed by atoms with Crippen molar-refractivity contribution < 1.29 is 0 Å². The molecule has 9 aromatic heterocycles. The fourth-order valence-electron chi connectivity index (χ4n) is 22.7. The van der Waals surface area contributed by atoms with Crippen molar-refractivity contribution in [3.05, 3.63) is 474 Å². The van der Waals surface area contributed by atoms with Crippen LogP contribution in [0, 0.1) is 0 Å². The van der Waals surface area contributed by atoms with E-state index in [1.165, 1.54) is 119 Å². The number of hydrogen-bond donors (Lipinski definition) is 0. The SMILES string of the molecule is c1ccc2c(c1)-c1cccc3cccc(c13)N2c1ccc(-c2nc(-c3cccc4cccnc34)c3sc4ccccc4c3n2)cc1.c1ccc2c(c1)-c1cccc3cccc(c13)N2c1ccc2cccc(-c3nc(-c4ccc(-c5cccc6cccnc56)cc4)c4sc5ccccc5c4n3)c2c1.c1ccc2c(c1)-c1cccc3cccc(c13)N2c1cccc2cc(-c3nc(-c4ccncc4)c4sc5ccccc5c4n3)ccc12. The van der Waals surface area contributed by atoms with E-state index >= 15 is 0 Å². The van der Waals surface area contributed by atoms with Gasteiger partial charge in [-0.3, -0.25) is 15.0 Å². The number of nitrogens with zero attached hydrogens (tertiary/aromatic N) is 12. The monoisotopic (exact) mass is 1940 g/mol. The van der Waals surface area contributed by atoms with E-state index < -0.39 is 0 Å². The maximum absolute atomic E-state index is 5.45. The molecule has 32 rings (SSSR count). The molecule has 12 nitrogen and oxygen atoms in total. The minimum atomic E-state index is 0.706. The van der Waals surface area contributed by atoms with Crippen molar-refractivity contribution in [2.45, 2.75) is 0 Å². The summed E-state index contributed by atoms with van der Waals surface area (Å²) in [7, 11) is 0. The third-order valence-corrected chi connectivity index (χ3v) is 32.9. The van der Waals surface area contributed by atoms with E-state index in [-0.39, 0.29) is 0 Å². The van der Waals surface area contributed by atoms with Gasteiger partial charge in [-0.15, -0.1) is 34.0 Å². The second kappa shape index (κ2) is 34.4. The molecule has 20 aromatic carbocycles. The van der Waals surface area contributed by atoms with Gasteiger partial charge >= 0.3 is 0 Å². The fourth-order valence-corrected chi connectivity index (χ4v) is 26.2. The Hall–Kier alpha value is -19.0. The molecule has 0 fully saturated rings. The van der Waals surface area contributed by atoms with Gasteiger partial charge in [-0.25, -0.2) is 29.9 Å². The average Bonchev–Trinajstić information content (AvgIpc) is 1.37. The zero-order valence-corrected chi connectivity index (χ0v) is 81.6. The summed E-state index contributed by atoms with van der Waals surface area (Å²) in [6.07, 6.45) is 7.37. The van der Waals surface area contributed by atoms with Crippen LogP contribution in [0.4, 0.5) is 51.2 Å². The first-order chi connectivity index (χ1) is 73.4. The van der Waals surface area contributed by atoms with Crippen LogP contribution in [-0.2, 0) is 0 Å². The maximum atomic E-state index is 5.45. The minimum Gasteiger partial charge on any atom is -0.309 e. The molecule has 0 spiro atoms. The lowest BCUT2D eigenvalue weighted by atomic mass is 9.90. The van der Waals surface area contributed by atoms with Gasteiger partial charge in [0.05, 0.1) is 98.6 Å². The van der Waals surface area contributed by atoms with Crippen molar-refractivity contribution in [1.29, 1.82) is 0 Å². The molecule has 15 heteroatoms. The summed E-state index contributed by atoms with van der Waals surface area (Å²) in [4.78, 5) is 52.7. The molecular weight excluding hydrogens is 1860 g/mol. The third-order valence-electron chi connectivity index (χ3n) is 29.4. The van der Waals surface area contributed by atoms with Crippen LogP contribution in [0.1, 0.15) is 0 Å². The van der Waals surface area contributed by atoms with Gasteiger partial charge in [-0.1, -0.05) is 322 Å². The first-order valence-corrected chi connectivity index (χ1v) is 52.0. The largest absolute Gasteiger partial charge is 0.309 e. The maximum Gasteiger partial charge on any atom is 0.161 e. The molecule has 0 atom stereocenters. The summed E-state index contributed by atoms with van der Waals surface area (Å²) in [5.41, 5.74) is 34.0. The standard InChI is InChI=1S/C51H30N4S.2C41H24N4S/c1-3-20-43-38(15-1)39-18-6-11-33-12-8-21-44(46(33)39)55(43)36-28-27-31-10-5-19-40(42(31)30-36)51-53-48(50-49(54-51)41-16-2-4-22-45(41)56-50)35-25-23-32(24-26-35)37-17-7-13-34-14-9-29-52-47(34)37;1-3-17-33-29(13-1)30-15-5-9-25-10-7-18-34(36(25)30)45(33)28-22-20-27(21-23-28)41-43-38-31-14-2-4-19-35(31)46-40(38)39(44-41)32-16-6-11-26-12-8-24-42-37(26)32;1-3-14-34-30(11-1)31-13-5-8-25-9-6-16-35(37(25)31)45(34)33-15-7-10-27-24-28(18-19-29(27)33)41-43-38(26-20-22-42-23-21-26)40-39(44-41)32-12-2-4-17-36(32)46-40/h1-30H;2*1-24H. The van der Waals surface area contributed by atoms with Crippen LogP contribution in [0.25, 0.3) is 249 Å². The van der Waals surface area contributed by atoms with Crippen molar-refractivity contribution in [3.63, 3.8) is 0 Å². The van der Waals surface area contributed by atoms with Gasteiger partial charge in [0.15, 0.2) is 17.5 Å². The molecule has 0 unspecified atom stereocenters.